The van der Waals surface area contributed by atoms with E-state index in [0.717, 1.165) is 12.1 Å². The van der Waals surface area contributed by atoms with Gasteiger partial charge in [-0.1, -0.05) is 24.3 Å². The molecule has 36 heavy (non-hydrogen) atoms. The van der Waals surface area contributed by atoms with Crippen LogP contribution in [0.1, 0.15) is 18.4 Å². The highest BCUT2D eigenvalue weighted by molar-refractivity contribution is 5.98. The Labute approximate surface area is 205 Å². The Morgan fingerprint density at radius 3 is 2.39 bits per heavy atom. The summed E-state index contributed by atoms with van der Waals surface area (Å²) < 4.78 is 57.8. The molecule has 0 radical (unpaired) electrons. The monoisotopic (exact) mass is 503 g/mol. The van der Waals surface area contributed by atoms with Gasteiger partial charge in [-0.3, -0.25) is 10.1 Å². The topological polar surface area (TPSA) is 73.8 Å². The third-order valence-electron chi connectivity index (χ3n) is 5.99. The highest BCUT2D eigenvalue weighted by Gasteiger charge is 2.32. The van der Waals surface area contributed by atoms with E-state index in [1.807, 2.05) is 0 Å². The first-order valence-corrected chi connectivity index (χ1v) is 11.3. The van der Waals surface area contributed by atoms with Crippen molar-refractivity contribution in [2.24, 2.45) is 0 Å². The average Bonchev–Trinajstić information content (AvgIpc) is 2.85. The zero-order chi connectivity index (χ0) is 25.9. The number of hydrogen-bond donors (Lipinski definition) is 3. The number of anilines is 2. The lowest BCUT2D eigenvalue weighted by Gasteiger charge is -2.34. The number of amides is 1. The quantitative estimate of drug-likeness (QED) is 0.313. The van der Waals surface area contributed by atoms with Crippen LogP contribution in [0.5, 0.6) is 5.75 Å². The van der Waals surface area contributed by atoms with E-state index < -0.39 is 30.0 Å². The summed E-state index contributed by atoms with van der Waals surface area (Å²) >= 11 is 0. The zero-order valence-corrected chi connectivity index (χ0v) is 19.3. The molecule has 1 fully saturated rings. The maximum Gasteiger partial charge on any atom is 0.416 e. The van der Waals surface area contributed by atoms with Crippen LogP contribution >= 0.6 is 0 Å². The first kappa shape index (κ1) is 25.5. The Hall–Kier alpha value is -3.63. The largest absolute Gasteiger partial charge is 0.494 e. The fourth-order valence-corrected chi connectivity index (χ4v) is 4.14. The molecule has 1 aliphatic heterocycles. The second kappa shape index (κ2) is 10.5. The van der Waals surface area contributed by atoms with Crippen LogP contribution in [0, 0.1) is 5.82 Å². The van der Waals surface area contributed by atoms with E-state index in [2.05, 4.69) is 10.6 Å². The molecule has 0 spiro atoms. The fraction of sp³-hybridized carbons (Fsp3) is 0.269. The SMILES string of the molecule is COc1cccc(-c2ccc(N3CCC[C@@H](NC(O)Nc4ccc(C(F)(F)F)cc4)C3=O)cc2)c1F. The molecule has 3 aromatic carbocycles. The van der Waals surface area contributed by atoms with E-state index in [9.17, 15) is 27.5 Å². The molecule has 1 aliphatic rings. The Kier molecular flexibility index (Phi) is 7.46. The highest BCUT2D eigenvalue weighted by Crippen LogP contribution is 2.32. The molecule has 0 bridgehead atoms. The minimum absolute atomic E-state index is 0.139. The third-order valence-corrected chi connectivity index (χ3v) is 5.99. The van der Waals surface area contributed by atoms with Gasteiger partial charge in [-0.25, -0.2) is 4.39 Å². The number of nitrogens with zero attached hydrogens (tertiary/aromatic N) is 1. The minimum Gasteiger partial charge on any atom is -0.494 e. The maximum absolute atomic E-state index is 14.6. The molecular weight excluding hydrogens is 478 g/mol. The van der Waals surface area contributed by atoms with Crippen molar-refractivity contribution in [3.8, 4) is 16.9 Å². The average molecular weight is 503 g/mol. The van der Waals surface area contributed by atoms with Gasteiger partial charge in [0.2, 0.25) is 5.91 Å². The first-order chi connectivity index (χ1) is 17.2. The molecule has 3 aromatic rings. The number of hydrogen-bond acceptors (Lipinski definition) is 5. The summed E-state index contributed by atoms with van der Waals surface area (Å²) in [6.45, 7) is 0.478. The van der Waals surface area contributed by atoms with E-state index in [1.54, 1.807) is 41.3 Å². The highest BCUT2D eigenvalue weighted by atomic mass is 19.4. The molecular formula is C26H25F4N3O3. The molecule has 4 rings (SSSR count). The number of rotatable bonds is 7. The van der Waals surface area contributed by atoms with Crippen LogP contribution in [0.25, 0.3) is 11.1 Å². The predicted octanol–water partition coefficient (Wildman–Crippen LogP) is 4.99. The number of halogens is 4. The first-order valence-electron chi connectivity index (χ1n) is 11.3. The molecule has 190 valence electrons. The molecule has 10 heteroatoms. The van der Waals surface area contributed by atoms with Gasteiger partial charge in [0.25, 0.3) is 0 Å². The van der Waals surface area contributed by atoms with Gasteiger partial charge in [-0.15, -0.1) is 0 Å². The van der Waals surface area contributed by atoms with Crippen molar-refractivity contribution in [2.75, 3.05) is 23.9 Å². The van der Waals surface area contributed by atoms with Crippen molar-refractivity contribution in [1.29, 1.82) is 0 Å². The number of aliphatic hydroxyl groups is 1. The number of carbonyl (C=O) groups excluding carboxylic acids is 1. The fourth-order valence-electron chi connectivity index (χ4n) is 4.14. The lowest BCUT2D eigenvalue weighted by molar-refractivity contribution is -0.137. The standard InChI is InChI=1S/C26H25F4N3O3/c1-36-22-6-2-4-20(23(22)27)16-7-13-19(14-8-16)33-15-3-5-21(24(33)34)32-25(35)31-18-11-9-17(10-12-18)26(28,29)30/h2,4,6-14,21,25,31-32,35H,3,5,15H2,1H3/t21-,25?/m1/s1. The zero-order valence-electron chi connectivity index (χ0n) is 19.3. The maximum atomic E-state index is 14.6. The molecule has 2 atom stereocenters. The summed E-state index contributed by atoms with van der Waals surface area (Å²) in [7, 11) is 1.40. The summed E-state index contributed by atoms with van der Waals surface area (Å²) in [4.78, 5) is 14.7. The summed E-state index contributed by atoms with van der Waals surface area (Å²) in [6.07, 6.45) is -4.65. The van der Waals surface area contributed by atoms with E-state index >= 15 is 0 Å². The van der Waals surface area contributed by atoms with Crippen LogP contribution in [0.3, 0.4) is 0 Å². The van der Waals surface area contributed by atoms with Gasteiger partial charge in [0, 0.05) is 23.5 Å². The Balaban J connectivity index is 1.41. The van der Waals surface area contributed by atoms with Gasteiger partial charge >= 0.3 is 6.18 Å². The van der Waals surface area contributed by atoms with Crippen LogP contribution in [0.2, 0.25) is 0 Å². The molecule has 1 heterocycles. The van der Waals surface area contributed by atoms with Crippen LogP contribution < -0.4 is 20.3 Å². The second-order valence-electron chi connectivity index (χ2n) is 8.34. The van der Waals surface area contributed by atoms with Crippen molar-refractivity contribution < 1.29 is 32.2 Å². The number of ether oxygens (including phenoxy) is 1. The smallest absolute Gasteiger partial charge is 0.416 e. The molecule has 0 aromatic heterocycles. The van der Waals surface area contributed by atoms with E-state index in [0.29, 0.717) is 36.2 Å². The molecule has 6 nitrogen and oxygen atoms in total. The van der Waals surface area contributed by atoms with Crippen molar-refractivity contribution in [2.45, 2.75) is 31.4 Å². The number of aliphatic hydroxyl groups excluding tert-OH is 1. The van der Waals surface area contributed by atoms with Gasteiger partial charge in [-0.2, -0.15) is 13.2 Å². The van der Waals surface area contributed by atoms with E-state index in [4.69, 9.17) is 4.74 Å². The van der Waals surface area contributed by atoms with Crippen molar-refractivity contribution in [3.05, 3.63) is 78.1 Å². The lowest BCUT2D eigenvalue weighted by atomic mass is 10.0. The number of carbonyl (C=O) groups is 1. The molecule has 3 N–H and O–H groups in total. The van der Waals surface area contributed by atoms with Gasteiger partial charge in [0.15, 0.2) is 17.9 Å². The van der Waals surface area contributed by atoms with Gasteiger partial charge in [-0.05, 0) is 60.9 Å². The molecule has 1 saturated heterocycles. The predicted molar refractivity (Wildman–Crippen MR) is 128 cm³/mol. The third kappa shape index (κ3) is 5.60. The number of methoxy groups -OCH3 is 1. The summed E-state index contributed by atoms with van der Waals surface area (Å²) in [5.41, 5.74) is 1.11. The van der Waals surface area contributed by atoms with Crippen molar-refractivity contribution in [3.63, 3.8) is 0 Å². The van der Waals surface area contributed by atoms with Gasteiger partial charge in [0.1, 0.15) is 0 Å². The van der Waals surface area contributed by atoms with Crippen molar-refractivity contribution >= 4 is 17.3 Å². The van der Waals surface area contributed by atoms with Gasteiger partial charge in [0.05, 0.1) is 18.7 Å². The van der Waals surface area contributed by atoms with Crippen LogP contribution in [0.4, 0.5) is 28.9 Å². The van der Waals surface area contributed by atoms with Crippen molar-refractivity contribution in [1.82, 2.24) is 5.32 Å². The molecule has 1 unspecified atom stereocenters. The Bertz CT molecular complexity index is 1200. The second-order valence-corrected chi connectivity index (χ2v) is 8.34. The summed E-state index contributed by atoms with van der Waals surface area (Å²) in [5, 5.41) is 15.8. The lowest BCUT2D eigenvalue weighted by Crippen LogP contribution is -2.55. The van der Waals surface area contributed by atoms with Crippen LogP contribution in [0.15, 0.2) is 66.7 Å². The van der Waals surface area contributed by atoms with E-state index in [1.165, 1.54) is 25.3 Å². The molecule has 0 aliphatic carbocycles. The number of benzene rings is 3. The molecule has 0 saturated carbocycles. The normalized spacial score (nSPS) is 17.1. The Morgan fingerprint density at radius 2 is 1.75 bits per heavy atom. The van der Waals surface area contributed by atoms with Gasteiger partial charge < -0.3 is 20.1 Å². The van der Waals surface area contributed by atoms with E-state index in [-0.39, 0.29) is 17.3 Å². The number of nitrogens with one attached hydrogen (secondary N) is 2. The molecule has 1 amide bonds. The minimum atomic E-state index is -4.45. The number of alkyl halides is 3. The Morgan fingerprint density at radius 1 is 1.06 bits per heavy atom. The summed E-state index contributed by atoms with van der Waals surface area (Å²) in [5.74, 6) is -0.587. The van der Waals surface area contributed by atoms with Crippen LogP contribution in [-0.2, 0) is 11.0 Å². The van der Waals surface area contributed by atoms with Crippen LogP contribution in [-0.4, -0.2) is 37.1 Å². The number of piperidine rings is 1. The summed E-state index contributed by atoms with van der Waals surface area (Å²) in [6, 6.07) is 15.3.